The molecule has 2 aromatic rings. The second-order valence-electron chi connectivity index (χ2n) is 6.13. The summed E-state index contributed by atoms with van der Waals surface area (Å²) in [6.45, 7) is 0.776. The van der Waals surface area contributed by atoms with Gasteiger partial charge in [0, 0.05) is 43.2 Å². The molecule has 0 spiro atoms. The maximum atomic E-state index is 12.7. The van der Waals surface area contributed by atoms with E-state index in [-0.39, 0.29) is 11.3 Å². The summed E-state index contributed by atoms with van der Waals surface area (Å²) in [6, 6.07) is 9.40. The monoisotopic (exact) mass is 386 g/mol. The molecule has 1 amide bonds. The van der Waals surface area contributed by atoms with Crippen LogP contribution in [0.3, 0.4) is 0 Å². The van der Waals surface area contributed by atoms with E-state index in [1.54, 1.807) is 43.5 Å². The normalized spacial score (nSPS) is 18.9. The van der Waals surface area contributed by atoms with Crippen LogP contribution in [-0.2, 0) is 14.3 Å². The van der Waals surface area contributed by atoms with Crippen molar-refractivity contribution in [2.45, 2.75) is 12.5 Å². The van der Waals surface area contributed by atoms with Crippen LogP contribution < -0.4 is 0 Å². The molecule has 27 heavy (non-hydrogen) atoms. The molecule has 140 valence electrons. The molecule has 3 rings (SSSR count). The van der Waals surface area contributed by atoms with E-state index in [1.165, 1.54) is 17.3 Å². The number of carbonyl (C=O) groups excluding carboxylic acids is 2. The molecule has 0 radical (unpaired) electrons. The lowest BCUT2D eigenvalue weighted by Gasteiger charge is -2.25. The van der Waals surface area contributed by atoms with Gasteiger partial charge in [0.05, 0.1) is 11.6 Å². The van der Waals surface area contributed by atoms with Crippen LogP contribution in [0.1, 0.15) is 23.6 Å². The maximum Gasteiger partial charge on any atom is 0.295 e. The predicted molar refractivity (Wildman–Crippen MR) is 101 cm³/mol. The number of Topliss-reactive ketones (excluding diaryl/α,β-unsaturated/α-hetero) is 1. The third-order valence-electron chi connectivity index (χ3n) is 4.41. The number of pyridine rings is 1. The number of hydrogen-bond acceptors (Lipinski definition) is 5. The smallest absolute Gasteiger partial charge is 0.295 e. The molecule has 1 aliphatic heterocycles. The summed E-state index contributed by atoms with van der Waals surface area (Å²) >= 11 is 6.12. The molecule has 0 bridgehead atoms. The van der Waals surface area contributed by atoms with Crippen molar-refractivity contribution in [2.75, 3.05) is 20.3 Å². The van der Waals surface area contributed by atoms with Crippen LogP contribution >= 0.6 is 11.6 Å². The maximum absolute atomic E-state index is 12.7. The Labute approximate surface area is 162 Å². The van der Waals surface area contributed by atoms with Gasteiger partial charge in [-0.15, -0.1) is 0 Å². The van der Waals surface area contributed by atoms with Gasteiger partial charge in [0.2, 0.25) is 0 Å². The lowest BCUT2D eigenvalue weighted by atomic mass is 9.95. The number of nitrogens with zero attached hydrogens (tertiary/aromatic N) is 2. The Morgan fingerprint density at radius 2 is 2.00 bits per heavy atom. The van der Waals surface area contributed by atoms with Gasteiger partial charge in [-0.05, 0) is 36.2 Å². The van der Waals surface area contributed by atoms with E-state index in [2.05, 4.69) is 4.98 Å². The van der Waals surface area contributed by atoms with E-state index in [0.717, 1.165) is 0 Å². The Kier molecular flexibility index (Phi) is 5.88. The molecule has 0 saturated carbocycles. The molecule has 1 unspecified atom stereocenters. The molecular formula is C20H19ClN2O4. The molecule has 1 fully saturated rings. The first kappa shape index (κ1) is 19.1. The molecule has 1 atom stereocenters. The zero-order valence-corrected chi connectivity index (χ0v) is 15.5. The third kappa shape index (κ3) is 3.86. The predicted octanol–water partition coefficient (Wildman–Crippen LogP) is 3.19. The summed E-state index contributed by atoms with van der Waals surface area (Å²) in [4.78, 5) is 30.8. The van der Waals surface area contributed by atoms with Gasteiger partial charge < -0.3 is 14.7 Å². The van der Waals surface area contributed by atoms with E-state index in [9.17, 15) is 14.7 Å². The second-order valence-corrected chi connectivity index (χ2v) is 6.57. The van der Waals surface area contributed by atoms with E-state index >= 15 is 0 Å². The first-order valence-electron chi connectivity index (χ1n) is 8.47. The molecule has 1 N–H and O–H groups in total. The van der Waals surface area contributed by atoms with E-state index in [4.69, 9.17) is 16.3 Å². The fraction of sp³-hybridized carbons (Fsp3) is 0.250. The van der Waals surface area contributed by atoms with Crippen molar-refractivity contribution in [2.24, 2.45) is 0 Å². The number of benzene rings is 1. The second kappa shape index (κ2) is 8.33. The van der Waals surface area contributed by atoms with Crippen molar-refractivity contribution in [1.82, 2.24) is 9.88 Å². The lowest BCUT2D eigenvalue weighted by Crippen LogP contribution is -2.31. The van der Waals surface area contributed by atoms with Gasteiger partial charge in [-0.3, -0.25) is 14.6 Å². The Balaban J connectivity index is 2.12. The zero-order valence-electron chi connectivity index (χ0n) is 14.8. The largest absolute Gasteiger partial charge is 0.507 e. The highest BCUT2D eigenvalue weighted by molar-refractivity contribution is 6.46. The number of likely N-dealkylation sites (tertiary alicyclic amines) is 1. The van der Waals surface area contributed by atoms with Crippen LogP contribution in [-0.4, -0.2) is 46.9 Å². The van der Waals surface area contributed by atoms with Gasteiger partial charge in [-0.2, -0.15) is 0 Å². The van der Waals surface area contributed by atoms with Crippen LogP contribution in [0.2, 0.25) is 5.02 Å². The van der Waals surface area contributed by atoms with Gasteiger partial charge >= 0.3 is 0 Å². The van der Waals surface area contributed by atoms with E-state index in [0.29, 0.717) is 35.7 Å². The molecule has 6 nitrogen and oxygen atoms in total. The molecule has 1 aromatic carbocycles. The minimum Gasteiger partial charge on any atom is -0.507 e. The topological polar surface area (TPSA) is 79.7 Å². The van der Waals surface area contributed by atoms with E-state index < -0.39 is 17.7 Å². The number of ether oxygens (including phenoxy) is 1. The molecule has 2 heterocycles. The molecule has 1 saturated heterocycles. The van der Waals surface area contributed by atoms with Crippen molar-refractivity contribution in [3.63, 3.8) is 0 Å². The molecule has 1 aromatic heterocycles. The summed E-state index contributed by atoms with van der Waals surface area (Å²) in [5, 5.41) is 11.3. The van der Waals surface area contributed by atoms with Gasteiger partial charge in [0.25, 0.3) is 11.7 Å². The number of aliphatic hydroxyl groups is 1. The van der Waals surface area contributed by atoms with Crippen molar-refractivity contribution < 1.29 is 19.4 Å². The number of hydrogen-bond donors (Lipinski definition) is 1. The summed E-state index contributed by atoms with van der Waals surface area (Å²) < 4.78 is 5.06. The molecule has 7 heteroatoms. The van der Waals surface area contributed by atoms with Crippen molar-refractivity contribution in [3.05, 3.63) is 70.5 Å². The van der Waals surface area contributed by atoms with Gasteiger partial charge in [0.1, 0.15) is 5.76 Å². The molecular weight excluding hydrogens is 368 g/mol. The number of carbonyl (C=O) groups is 2. The van der Waals surface area contributed by atoms with Crippen molar-refractivity contribution >= 4 is 29.1 Å². The Morgan fingerprint density at radius 1 is 1.26 bits per heavy atom. The number of ketones is 1. The SMILES string of the molecule is COCCCN1C(=O)C(=O)C(=C(O)c2ccncc2)C1c1cccc(Cl)c1. The number of aromatic nitrogens is 1. The minimum atomic E-state index is -0.716. The number of amides is 1. The first-order valence-corrected chi connectivity index (χ1v) is 8.85. The van der Waals surface area contributed by atoms with Gasteiger partial charge in [-0.25, -0.2) is 0 Å². The summed E-state index contributed by atoms with van der Waals surface area (Å²) in [5.41, 5.74) is 1.13. The molecule has 0 aliphatic carbocycles. The first-order chi connectivity index (χ1) is 13.0. The fourth-order valence-corrected chi connectivity index (χ4v) is 3.38. The van der Waals surface area contributed by atoms with Crippen molar-refractivity contribution in [1.29, 1.82) is 0 Å². The lowest BCUT2D eigenvalue weighted by molar-refractivity contribution is -0.140. The number of rotatable bonds is 6. The van der Waals surface area contributed by atoms with Crippen LogP contribution in [0.5, 0.6) is 0 Å². The highest BCUT2D eigenvalue weighted by Crippen LogP contribution is 2.39. The number of aliphatic hydroxyl groups excluding tert-OH is 1. The highest BCUT2D eigenvalue weighted by Gasteiger charge is 2.45. The quantitative estimate of drug-likeness (QED) is 0.357. The van der Waals surface area contributed by atoms with Crippen molar-refractivity contribution in [3.8, 4) is 0 Å². The fourth-order valence-electron chi connectivity index (χ4n) is 3.18. The highest BCUT2D eigenvalue weighted by atomic mass is 35.5. The molecule has 1 aliphatic rings. The van der Waals surface area contributed by atoms with Crippen LogP contribution in [0.25, 0.3) is 5.76 Å². The summed E-state index contributed by atoms with van der Waals surface area (Å²) in [5.74, 6) is -1.59. The minimum absolute atomic E-state index is 0.0471. The Bertz CT molecular complexity index is 883. The standard InChI is InChI=1S/C20H19ClN2O4/c1-27-11-3-10-23-17(14-4-2-5-15(21)12-14)16(19(25)20(23)26)18(24)13-6-8-22-9-7-13/h2,4-9,12,17,24H,3,10-11H2,1H3. The van der Waals surface area contributed by atoms with Crippen LogP contribution in [0.4, 0.5) is 0 Å². The third-order valence-corrected chi connectivity index (χ3v) is 4.64. The van der Waals surface area contributed by atoms with E-state index in [1.807, 2.05) is 0 Å². The Hall–Kier alpha value is -2.70. The average molecular weight is 387 g/mol. The summed E-state index contributed by atoms with van der Waals surface area (Å²) in [6.07, 6.45) is 3.59. The summed E-state index contributed by atoms with van der Waals surface area (Å²) in [7, 11) is 1.58. The average Bonchev–Trinajstić information content (AvgIpc) is 2.93. The van der Waals surface area contributed by atoms with Crippen LogP contribution in [0.15, 0.2) is 54.4 Å². The number of halogens is 1. The Morgan fingerprint density at radius 3 is 2.67 bits per heavy atom. The zero-order chi connectivity index (χ0) is 19.4. The van der Waals surface area contributed by atoms with Crippen LogP contribution in [0, 0.1) is 0 Å². The number of methoxy groups -OCH3 is 1. The van der Waals surface area contributed by atoms with Gasteiger partial charge in [0.15, 0.2) is 0 Å². The van der Waals surface area contributed by atoms with Gasteiger partial charge in [-0.1, -0.05) is 23.7 Å².